The summed E-state index contributed by atoms with van der Waals surface area (Å²) < 4.78 is 57.0. The molecule has 3 aromatic carbocycles. The molecule has 7 nitrogen and oxygen atoms in total. The van der Waals surface area contributed by atoms with Crippen LogP contribution >= 0.6 is 11.6 Å². The van der Waals surface area contributed by atoms with Crippen LogP contribution in [0.3, 0.4) is 0 Å². The number of nitrogens with zero attached hydrogens (tertiary/aromatic N) is 1. The Hall–Kier alpha value is -3.21. The van der Waals surface area contributed by atoms with E-state index in [1.54, 1.807) is 18.4 Å². The van der Waals surface area contributed by atoms with Gasteiger partial charge in [0.15, 0.2) is 4.90 Å². The minimum Gasteiger partial charge on any atom is -0.285 e. The number of nitrogens with one attached hydrogen (secondary N) is 1. The second-order valence-electron chi connectivity index (χ2n) is 7.15. The predicted molar refractivity (Wildman–Crippen MR) is 117 cm³/mol. The van der Waals surface area contributed by atoms with Gasteiger partial charge in [0.05, 0.1) is 10.5 Å². The fourth-order valence-corrected chi connectivity index (χ4v) is 5.26. The number of carbonyl (C=O) groups excluding carboxylic acids is 1. The number of hydrogen-bond acceptors (Lipinski definition) is 5. The van der Waals surface area contributed by atoms with E-state index >= 15 is 0 Å². The minimum absolute atomic E-state index is 0.0945. The summed E-state index contributed by atoms with van der Waals surface area (Å²) in [5.74, 6) is -2.97. The molecule has 0 aliphatic rings. The molecule has 0 saturated carbocycles. The van der Waals surface area contributed by atoms with Gasteiger partial charge in [0.25, 0.3) is 5.69 Å². The monoisotopic (exact) mass is 493 g/mol. The van der Waals surface area contributed by atoms with E-state index in [0.717, 1.165) is 18.2 Å². The van der Waals surface area contributed by atoms with Crippen molar-refractivity contribution >= 4 is 33.6 Å². The number of non-ortho nitro benzene ring substituents is 1. The topological polar surface area (TPSA) is 106 Å². The van der Waals surface area contributed by atoms with Gasteiger partial charge < -0.3 is 0 Å². The highest BCUT2D eigenvalue weighted by molar-refractivity contribution is 7.89. The Balaban J connectivity index is 2.14. The molecule has 1 N–H and O–H groups in total. The Morgan fingerprint density at radius 2 is 1.58 bits per heavy atom. The van der Waals surface area contributed by atoms with Gasteiger partial charge in [-0.15, -0.1) is 11.6 Å². The van der Waals surface area contributed by atoms with E-state index in [4.69, 9.17) is 11.6 Å². The number of alkyl halides is 1. The first-order valence-corrected chi connectivity index (χ1v) is 11.4. The molecule has 0 heterocycles. The number of benzene rings is 3. The van der Waals surface area contributed by atoms with Crippen molar-refractivity contribution < 1.29 is 26.9 Å². The SMILES string of the molecule is O=[C]c1ccc(CC(CCl)(NS(=O)(=O)c2c(F)cccc2F)c2ccc([N+](=O)[O-])cc2)cc1. The molecule has 11 heteroatoms. The Bertz CT molecular complexity index is 1260. The lowest BCUT2D eigenvalue weighted by Gasteiger charge is -2.33. The van der Waals surface area contributed by atoms with Crippen LogP contribution in [0.25, 0.3) is 0 Å². The highest BCUT2D eigenvalue weighted by atomic mass is 35.5. The van der Waals surface area contributed by atoms with E-state index in [-0.39, 0.29) is 29.1 Å². The van der Waals surface area contributed by atoms with E-state index in [1.807, 2.05) is 0 Å². The zero-order valence-electron chi connectivity index (χ0n) is 16.8. The van der Waals surface area contributed by atoms with Crippen LogP contribution in [0.1, 0.15) is 16.7 Å². The van der Waals surface area contributed by atoms with Crippen molar-refractivity contribution in [3.05, 3.63) is 105 Å². The summed E-state index contributed by atoms with van der Waals surface area (Å²) in [6, 6.07) is 13.6. The second-order valence-corrected chi connectivity index (χ2v) is 9.04. The third-order valence-electron chi connectivity index (χ3n) is 4.95. The lowest BCUT2D eigenvalue weighted by atomic mass is 9.86. The van der Waals surface area contributed by atoms with E-state index < -0.39 is 37.0 Å². The summed E-state index contributed by atoms with van der Waals surface area (Å²) in [4.78, 5) is 20.0. The molecule has 33 heavy (non-hydrogen) atoms. The third kappa shape index (κ3) is 5.24. The largest absolute Gasteiger partial charge is 0.285 e. The summed E-state index contributed by atoms with van der Waals surface area (Å²) in [7, 11) is -4.78. The normalized spacial score (nSPS) is 13.3. The number of nitro groups is 1. The van der Waals surface area contributed by atoms with Gasteiger partial charge in [-0.05, 0) is 29.7 Å². The van der Waals surface area contributed by atoms with Crippen LogP contribution in [0.5, 0.6) is 0 Å². The first-order chi connectivity index (χ1) is 15.6. The molecule has 1 unspecified atom stereocenters. The summed E-state index contributed by atoms with van der Waals surface area (Å²) in [5, 5.41) is 11.0. The van der Waals surface area contributed by atoms with E-state index in [2.05, 4.69) is 4.72 Å². The fourth-order valence-electron chi connectivity index (χ4n) is 3.34. The third-order valence-corrected chi connectivity index (χ3v) is 7.00. The molecule has 0 amide bonds. The van der Waals surface area contributed by atoms with Gasteiger partial charge in [-0.25, -0.2) is 17.2 Å². The van der Waals surface area contributed by atoms with Gasteiger partial charge in [0.2, 0.25) is 16.3 Å². The maximum absolute atomic E-state index is 14.3. The number of sulfonamides is 1. The van der Waals surface area contributed by atoms with Crippen LogP contribution in [0.2, 0.25) is 0 Å². The summed E-state index contributed by atoms with van der Waals surface area (Å²) >= 11 is 6.23. The maximum atomic E-state index is 14.3. The van der Waals surface area contributed by atoms with E-state index in [0.29, 0.717) is 5.56 Å². The Morgan fingerprint density at radius 1 is 1.00 bits per heavy atom. The lowest BCUT2D eigenvalue weighted by molar-refractivity contribution is -0.384. The van der Waals surface area contributed by atoms with Crippen LogP contribution in [-0.2, 0) is 26.8 Å². The lowest BCUT2D eigenvalue weighted by Crippen LogP contribution is -2.49. The molecule has 0 saturated heterocycles. The van der Waals surface area contributed by atoms with Gasteiger partial charge in [0.1, 0.15) is 11.6 Å². The van der Waals surface area contributed by atoms with E-state index in [9.17, 15) is 32.1 Å². The fraction of sp³-hybridized carbons (Fsp3) is 0.136. The molecule has 0 spiro atoms. The maximum Gasteiger partial charge on any atom is 0.269 e. The van der Waals surface area contributed by atoms with Crippen molar-refractivity contribution in [1.29, 1.82) is 0 Å². The Morgan fingerprint density at radius 3 is 2.06 bits per heavy atom. The Labute approximate surface area is 193 Å². The van der Waals surface area contributed by atoms with Gasteiger partial charge in [-0.2, -0.15) is 4.72 Å². The minimum atomic E-state index is -4.78. The van der Waals surface area contributed by atoms with Crippen molar-refractivity contribution in [2.24, 2.45) is 0 Å². The van der Waals surface area contributed by atoms with Crippen LogP contribution in [0.4, 0.5) is 14.5 Å². The van der Waals surface area contributed by atoms with Gasteiger partial charge in [-0.3, -0.25) is 14.9 Å². The number of halogens is 3. The highest BCUT2D eigenvalue weighted by Crippen LogP contribution is 2.32. The zero-order chi connectivity index (χ0) is 24.2. The van der Waals surface area contributed by atoms with Crippen LogP contribution in [0.15, 0.2) is 71.6 Å². The quantitative estimate of drug-likeness (QED) is 0.275. The molecule has 3 aromatic rings. The van der Waals surface area contributed by atoms with Gasteiger partial charge in [-0.1, -0.05) is 42.5 Å². The Kier molecular flexibility index (Phi) is 7.21. The average Bonchev–Trinajstić information content (AvgIpc) is 2.78. The molecule has 0 aromatic heterocycles. The molecule has 1 radical (unpaired) electrons. The van der Waals surface area contributed by atoms with Crippen LogP contribution in [-0.4, -0.2) is 25.5 Å². The summed E-state index contributed by atoms with van der Waals surface area (Å²) in [6.07, 6.45) is 1.62. The first-order valence-electron chi connectivity index (χ1n) is 9.38. The molecule has 0 aliphatic heterocycles. The van der Waals surface area contributed by atoms with Crippen LogP contribution in [0, 0.1) is 21.7 Å². The standard InChI is InChI=1S/C22H16ClF2N2O5S/c23-14-22(12-15-4-6-16(13-28)7-5-15,17-8-10-18(11-9-17)27(29)30)26-33(31,32)21-19(24)2-1-3-20(21)25/h1-11,26H,12,14H2. The highest BCUT2D eigenvalue weighted by Gasteiger charge is 2.39. The summed E-state index contributed by atoms with van der Waals surface area (Å²) in [5.41, 5.74) is -0.855. The molecule has 3 rings (SSSR count). The van der Waals surface area contributed by atoms with Crippen LogP contribution < -0.4 is 4.72 Å². The predicted octanol–water partition coefficient (Wildman–Crippen LogP) is 3.99. The first kappa shape index (κ1) is 24.4. The molecule has 171 valence electrons. The molecule has 0 fully saturated rings. The average molecular weight is 494 g/mol. The molecule has 1 atom stereocenters. The number of hydrogen-bond donors (Lipinski definition) is 1. The molecular formula is C22H16ClF2N2O5S. The van der Waals surface area contributed by atoms with Crippen molar-refractivity contribution in [2.45, 2.75) is 16.9 Å². The van der Waals surface area contributed by atoms with Gasteiger partial charge in [0, 0.05) is 23.6 Å². The second kappa shape index (κ2) is 9.74. The van der Waals surface area contributed by atoms with Crippen molar-refractivity contribution in [2.75, 3.05) is 5.88 Å². The van der Waals surface area contributed by atoms with Gasteiger partial charge >= 0.3 is 0 Å². The number of rotatable bonds is 9. The van der Waals surface area contributed by atoms with Crippen molar-refractivity contribution in [3.8, 4) is 0 Å². The van der Waals surface area contributed by atoms with E-state index in [1.165, 1.54) is 36.4 Å². The molecular weight excluding hydrogens is 478 g/mol. The van der Waals surface area contributed by atoms with Crippen molar-refractivity contribution in [3.63, 3.8) is 0 Å². The molecule has 0 bridgehead atoms. The molecule has 0 aliphatic carbocycles. The smallest absolute Gasteiger partial charge is 0.269 e. The zero-order valence-corrected chi connectivity index (χ0v) is 18.4. The van der Waals surface area contributed by atoms with Crippen molar-refractivity contribution in [1.82, 2.24) is 4.72 Å². The number of nitro benzene ring substituents is 1. The summed E-state index contributed by atoms with van der Waals surface area (Å²) in [6.45, 7) is 0.